The maximum atomic E-state index is 11.9. The predicted octanol–water partition coefficient (Wildman–Crippen LogP) is 2.71. The van der Waals surface area contributed by atoms with E-state index in [9.17, 15) is 4.79 Å². The molecule has 1 amide bonds. The van der Waals surface area contributed by atoms with Crippen molar-refractivity contribution in [1.29, 1.82) is 0 Å². The van der Waals surface area contributed by atoms with Crippen LogP contribution in [0.5, 0.6) is 5.75 Å². The summed E-state index contributed by atoms with van der Waals surface area (Å²) in [7, 11) is 1.57. The molecule has 17 heavy (non-hydrogen) atoms. The number of aromatic nitrogens is 1. The number of carbonyl (C=O) groups excluding carboxylic acids is 1. The van der Waals surface area contributed by atoms with Gasteiger partial charge in [0, 0.05) is 4.88 Å². The average Bonchev–Trinajstić information content (AvgIpc) is 2.76. The molecule has 0 aliphatic heterocycles. The van der Waals surface area contributed by atoms with E-state index in [1.165, 1.54) is 11.3 Å². The number of rotatable bonds is 3. The van der Waals surface area contributed by atoms with E-state index in [0.29, 0.717) is 17.1 Å². The van der Waals surface area contributed by atoms with Gasteiger partial charge in [-0.05, 0) is 19.1 Å². The lowest BCUT2D eigenvalue weighted by Crippen LogP contribution is -2.13. The molecule has 0 aliphatic carbocycles. The molecule has 2 aromatic rings. The number of para-hydroxylation sites is 2. The number of anilines is 1. The Morgan fingerprint density at radius 1 is 1.41 bits per heavy atom. The molecule has 1 heterocycles. The van der Waals surface area contributed by atoms with Gasteiger partial charge >= 0.3 is 0 Å². The summed E-state index contributed by atoms with van der Waals surface area (Å²) in [4.78, 5) is 16.9. The molecule has 1 aromatic carbocycles. The Morgan fingerprint density at radius 3 is 2.82 bits per heavy atom. The number of benzene rings is 1. The number of thiazole rings is 1. The van der Waals surface area contributed by atoms with Crippen LogP contribution >= 0.6 is 11.3 Å². The van der Waals surface area contributed by atoms with E-state index in [2.05, 4.69) is 10.3 Å². The van der Waals surface area contributed by atoms with Gasteiger partial charge in [-0.15, -0.1) is 11.3 Å². The van der Waals surface area contributed by atoms with Crippen LogP contribution in [0.3, 0.4) is 0 Å². The van der Waals surface area contributed by atoms with Crippen molar-refractivity contribution in [3.05, 3.63) is 40.3 Å². The van der Waals surface area contributed by atoms with Crippen LogP contribution < -0.4 is 10.1 Å². The first kappa shape index (κ1) is 11.6. The second-order valence-electron chi connectivity index (χ2n) is 3.41. The second kappa shape index (κ2) is 4.97. The minimum Gasteiger partial charge on any atom is -0.495 e. The number of carbonyl (C=O) groups is 1. The van der Waals surface area contributed by atoms with Gasteiger partial charge in [-0.2, -0.15) is 0 Å². The minimum atomic E-state index is -0.215. The third kappa shape index (κ3) is 2.45. The van der Waals surface area contributed by atoms with Crippen LogP contribution in [0.4, 0.5) is 5.69 Å². The Morgan fingerprint density at radius 2 is 2.18 bits per heavy atom. The lowest BCUT2D eigenvalue weighted by atomic mass is 10.2. The molecular formula is C12H12N2O2S. The van der Waals surface area contributed by atoms with Crippen molar-refractivity contribution in [3.8, 4) is 5.75 Å². The summed E-state index contributed by atoms with van der Waals surface area (Å²) < 4.78 is 5.16. The van der Waals surface area contributed by atoms with Crippen LogP contribution in [0, 0.1) is 6.92 Å². The predicted molar refractivity (Wildman–Crippen MR) is 67.8 cm³/mol. The molecule has 88 valence electrons. The lowest BCUT2D eigenvalue weighted by Gasteiger charge is -2.08. The Labute approximate surface area is 103 Å². The van der Waals surface area contributed by atoms with Gasteiger partial charge in [0.1, 0.15) is 11.4 Å². The van der Waals surface area contributed by atoms with Crippen molar-refractivity contribution in [2.24, 2.45) is 0 Å². The number of nitrogens with zero attached hydrogens (tertiary/aromatic N) is 1. The van der Waals surface area contributed by atoms with E-state index in [-0.39, 0.29) is 5.91 Å². The van der Waals surface area contributed by atoms with Crippen LogP contribution in [0.2, 0.25) is 0 Å². The largest absolute Gasteiger partial charge is 0.495 e. The van der Waals surface area contributed by atoms with Crippen LogP contribution in [0.25, 0.3) is 0 Å². The van der Waals surface area contributed by atoms with Crippen molar-refractivity contribution in [1.82, 2.24) is 4.98 Å². The van der Waals surface area contributed by atoms with Gasteiger partial charge in [0.2, 0.25) is 0 Å². The first-order valence-electron chi connectivity index (χ1n) is 5.07. The van der Waals surface area contributed by atoms with E-state index in [1.807, 2.05) is 19.1 Å². The molecule has 5 heteroatoms. The third-order valence-electron chi connectivity index (χ3n) is 2.32. The zero-order chi connectivity index (χ0) is 12.3. The number of methoxy groups -OCH3 is 1. The lowest BCUT2D eigenvalue weighted by molar-refractivity contribution is 0.102. The van der Waals surface area contributed by atoms with Crippen LogP contribution in [0.15, 0.2) is 29.8 Å². The number of aryl methyl sites for hydroxylation is 1. The highest BCUT2D eigenvalue weighted by Crippen LogP contribution is 2.24. The maximum absolute atomic E-state index is 11.9. The molecule has 0 bridgehead atoms. The minimum absolute atomic E-state index is 0.215. The van der Waals surface area contributed by atoms with E-state index in [0.717, 1.165) is 4.88 Å². The highest BCUT2D eigenvalue weighted by atomic mass is 32.1. The second-order valence-corrected chi connectivity index (χ2v) is 4.47. The zero-order valence-corrected chi connectivity index (χ0v) is 10.4. The molecule has 0 saturated carbocycles. The standard InChI is InChI=1S/C12H12N2O2S/c1-8-11(13-7-17-8)12(15)14-9-5-3-4-6-10(9)16-2/h3-7H,1-2H3,(H,14,15). The van der Waals surface area contributed by atoms with Gasteiger partial charge in [0.05, 0.1) is 18.3 Å². The monoisotopic (exact) mass is 248 g/mol. The number of nitrogens with one attached hydrogen (secondary N) is 1. The van der Waals surface area contributed by atoms with E-state index in [1.54, 1.807) is 24.8 Å². The Balaban J connectivity index is 2.22. The molecule has 0 atom stereocenters. The molecule has 0 unspecified atom stereocenters. The Kier molecular flexibility index (Phi) is 3.39. The molecule has 1 N–H and O–H groups in total. The summed E-state index contributed by atoms with van der Waals surface area (Å²) in [6, 6.07) is 7.27. The molecule has 0 radical (unpaired) electrons. The topological polar surface area (TPSA) is 51.2 Å². The van der Waals surface area contributed by atoms with Gasteiger partial charge in [-0.25, -0.2) is 4.98 Å². The molecule has 2 rings (SSSR count). The summed E-state index contributed by atoms with van der Waals surface area (Å²) in [5.74, 6) is 0.419. The quantitative estimate of drug-likeness (QED) is 0.908. The van der Waals surface area contributed by atoms with Gasteiger partial charge in [-0.3, -0.25) is 4.79 Å². The fourth-order valence-electron chi connectivity index (χ4n) is 1.45. The van der Waals surface area contributed by atoms with Gasteiger partial charge in [-0.1, -0.05) is 12.1 Å². The first-order valence-corrected chi connectivity index (χ1v) is 5.95. The van der Waals surface area contributed by atoms with Crippen LogP contribution in [-0.2, 0) is 0 Å². The molecular weight excluding hydrogens is 236 g/mol. The number of hydrogen-bond acceptors (Lipinski definition) is 4. The summed E-state index contributed by atoms with van der Waals surface area (Å²) >= 11 is 1.45. The average molecular weight is 248 g/mol. The Bertz CT molecular complexity index is 537. The molecule has 0 aliphatic rings. The molecule has 1 aromatic heterocycles. The molecule has 0 fully saturated rings. The van der Waals surface area contributed by atoms with E-state index >= 15 is 0 Å². The van der Waals surface area contributed by atoms with E-state index < -0.39 is 0 Å². The molecule has 0 spiro atoms. The summed E-state index contributed by atoms with van der Waals surface area (Å²) in [5.41, 5.74) is 2.76. The van der Waals surface area contributed by atoms with Gasteiger partial charge in [0.25, 0.3) is 5.91 Å². The Hall–Kier alpha value is -1.88. The number of amides is 1. The highest BCUT2D eigenvalue weighted by Gasteiger charge is 2.13. The van der Waals surface area contributed by atoms with Crippen molar-refractivity contribution in [2.75, 3.05) is 12.4 Å². The van der Waals surface area contributed by atoms with E-state index in [4.69, 9.17) is 4.74 Å². The highest BCUT2D eigenvalue weighted by molar-refractivity contribution is 7.09. The van der Waals surface area contributed by atoms with Crippen LogP contribution in [-0.4, -0.2) is 18.0 Å². The smallest absolute Gasteiger partial charge is 0.275 e. The van der Waals surface area contributed by atoms with Crippen molar-refractivity contribution in [2.45, 2.75) is 6.92 Å². The maximum Gasteiger partial charge on any atom is 0.275 e. The van der Waals surface area contributed by atoms with Gasteiger partial charge in [0.15, 0.2) is 0 Å². The van der Waals surface area contributed by atoms with Crippen molar-refractivity contribution >= 4 is 22.9 Å². The third-order valence-corrected chi connectivity index (χ3v) is 3.07. The fourth-order valence-corrected chi connectivity index (χ4v) is 2.03. The van der Waals surface area contributed by atoms with Crippen molar-refractivity contribution in [3.63, 3.8) is 0 Å². The normalized spacial score (nSPS) is 10.0. The molecule has 4 nitrogen and oxygen atoms in total. The number of ether oxygens (including phenoxy) is 1. The molecule has 0 saturated heterocycles. The van der Waals surface area contributed by atoms with Crippen LogP contribution in [0.1, 0.15) is 15.4 Å². The zero-order valence-electron chi connectivity index (χ0n) is 9.56. The fraction of sp³-hybridized carbons (Fsp3) is 0.167. The van der Waals surface area contributed by atoms with Gasteiger partial charge < -0.3 is 10.1 Å². The summed E-state index contributed by atoms with van der Waals surface area (Å²) in [5, 5.41) is 2.78. The first-order chi connectivity index (χ1) is 8.22. The van der Waals surface area contributed by atoms with Crippen molar-refractivity contribution < 1.29 is 9.53 Å². The summed E-state index contributed by atoms with van der Waals surface area (Å²) in [6.45, 7) is 1.87. The summed E-state index contributed by atoms with van der Waals surface area (Å²) in [6.07, 6.45) is 0. The SMILES string of the molecule is COc1ccccc1NC(=O)c1ncsc1C. The number of hydrogen-bond donors (Lipinski definition) is 1.